The highest BCUT2D eigenvalue weighted by Gasteiger charge is 2.15. The van der Waals surface area contributed by atoms with Gasteiger partial charge in [-0.05, 0) is 30.5 Å². The van der Waals surface area contributed by atoms with Crippen LogP contribution in [-0.4, -0.2) is 33.8 Å². The minimum atomic E-state index is -3.52. The summed E-state index contributed by atoms with van der Waals surface area (Å²) in [7, 11) is -1.95. The first kappa shape index (κ1) is 16.1. The molecule has 0 aliphatic rings. The van der Waals surface area contributed by atoms with Crippen molar-refractivity contribution in [1.29, 1.82) is 0 Å². The molecule has 1 atom stereocenters. The molecule has 0 saturated carbocycles. The highest BCUT2D eigenvalue weighted by molar-refractivity contribution is 7.89. The van der Waals surface area contributed by atoms with E-state index in [0.717, 1.165) is 0 Å². The zero-order chi connectivity index (χ0) is 14.3. The van der Waals surface area contributed by atoms with E-state index in [4.69, 9.17) is 4.74 Å². The molecule has 0 aromatic heterocycles. The van der Waals surface area contributed by atoms with Gasteiger partial charge in [0.2, 0.25) is 10.0 Å². The van der Waals surface area contributed by atoms with Crippen LogP contribution in [0.2, 0.25) is 0 Å². The maximum Gasteiger partial charge on any atom is 0.240 e. The van der Waals surface area contributed by atoms with Gasteiger partial charge in [0, 0.05) is 20.3 Å². The lowest BCUT2D eigenvalue weighted by Gasteiger charge is -2.11. The van der Waals surface area contributed by atoms with Crippen molar-refractivity contribution in [2.75, 3.05) is 20.3 Å². The average molecular weight is 287 g/mol. The van der Waals surface area contributed by atoms with Gasteiger partial charge in [0.25, 0.3) is 0 Å². The Bertz CT molecular complexity index is 487. The summed E-state index contributed by atoms with van der Waals surface area (Å²) >= 11 is 0. The lowest BCUT2D eigenvalue weighted by molar-refractivity contribution is 0.173. The molecule has 0 radical (unpaired) electrons. The van der Waals surface area contributed by atoms with Crippen LogP contribution in [0.5, 0.6) is 0 Å². The number of rotatable bonds is 8. The summed E-state index contributed by atoms with van der Waals surface area (Å²) < 4.78 is 31.4. The molecular weight excluding hydrogens is 266 g/mol. The van der Waals surface area contributed by atoms with Gasteiger partial charge in [0.05, 0.1) is 11.0 Å². The molecule has 0 bridgehead atoms. The fourth-order valence-electron chi connectivity index (χ4n) is 1.63. The van der Waals surface area contributed by atoms with Crippen LogP contribution in [0.15, 0.2) is 29.2 Å². The highest BCUT2D eigenvalue weighted by Crippen LogP contribution is 2.19. The van der Waals surface area contributed by atoms with E-state index in [1.54, 1.807) is 19.2 Å². The Balaban J connectivity index is 2.77. The molecule has 5 nitrogen and oxygen atoms in total. The number of benzene rings is 1. The number of nitrogens with one attached hydrogen (secondary N) is 1. The number of ether oxygens (including phenoxy) is 1. The Kier molecular flexibility index (Phi) is 6.44. The predicted molar refractivity (Wildman–Crippen MR) is 73.4 cm³/mol. The molecule has 2 N–H and O–H groups in total. The van der Waals surface area contributed by atoms with Gasteiger partial charge in [0.1, 0.15) is 0 Å². The van der Waals surface area contributed by atoms with Gasteiger partial charge in [-0.2, -0.15) is 0 Å². The maximum absolute atomic E-state index is 12.0. The fourth-order valence-corrected chi connectivity index (χ4v) is 2.76. The topological polar surface area (TPSA) is 75.6 Å². The van der Waals surface area contributed by atoms with Gasteiger partial charge in [-0.25, -0.2) is 13.1 Å². The zero-order valence-corrected chi connectivity index (χ0v) is 12.1. The lowest BCUT2D eigenvalue weighted by Crippen LogP contribution is -2.25. The van der Waals surface area contributed by atoms with Gasteiger partial charge < -0.3 is 9.84 Å². The van der Waals surface area contributed by atoms with Crippen LogP contribution in [0.3, 0.4) is 0 Å². The Labute approximate surface area is 114 Å². The fraction of sp³-hybridized carbons (Fsp3) is 0.538. The van der Waals surface area contributed by atoms with E-state index in [1.165, 1.54) is 12.1 Å². The van der Waals surface area contributed by atoms with Crippen molar-refractivity contribution in [3.63, 3.8) is 0 Å². The van der Waals surface area contributed by atoms with Crippen LogP contribution >= 0.6 is 0 Å². The average Bonchev–Trinajstić information content (AvgIpc) is 2.43. The Hall–Kier alpha value is -0.950. The molecule has 0 aliphatic carbocycles. The molecule has 0 fully saturated rings. The maximum atomic E-state index is 12.0. The van der Waals surface area contributed by atoms with Gasteiger partial charge >= 0.3 is 0 Å². The molecule has 1 aromatic rings. The number of hydrogen-bond acceptors (Lipinski definition) is 4. The van der Waals surface area contributed by atoms with Crippen molar-refractivity contribution in [2.24, 2.45) is 0 Å². The van der Waals surface area contributed by atoms with Crippen molar-refractivity contribution in [1.82, 2.24) is 4.72 Å². The van der Waals surface area contributed by atoms with Crippen LogP contribution in [0, 0.1) is 0 Å². The molecular formula is C13H21NO4S. The Morgan fingerprint density at radius 3 is 2.79 bits per heavy atom. The minimum Gasteiger partial charge on any atom is -0.388 e. The summed E-state index contributed by atoms with van der Waals surface area (Å²) in [4.78, 5) is 0.176. The van der Waals surface area contributed by atoms with E-state index in [-0.39, 0.29) is 4.90 Å². The van der Waals surface area contributed by atoms with Crippen molar-refractivity contribution >= 4 is 10.0 Å². The molecule has 0 amide bonds. The van der Waals surface area contributed by atoms with Crippen molar-refractivity contribution in [3.8, 4) is 0 Å². The molecule has 0 spiro atoms. The van der Waals surface area contributed by atoms with Crippen LogP contribution < -0.4 is 4.72 Å². The van der Waals surface area contributed by atoms with Gasteiger partial charge in [-0.3, -0.25) is 0 Å². The van der Waals surface area contributed by atoms with Crippen LogP contribution in [-0.2, 0) is 14.8 Å². The predicted octanol–water partition coefficient (Wildman–Crippen LogP) is 1.44. The molecule has 108 valence electrons. The minimum absolute atomic E-state index is 0.176. The van der Waals surface area contributed by atoms with E-state index < -0.39 is 16.1 Å². The third-order valence-corrected chi connectivity index (χ3v) is 4.22. The zero-order valence-electron chi connectivity index (χ0n) is 11.3. The number of methoxy groups -OCH3 is 1. The molecule has 0 heterocycles. The van der Waals surface area contributed by atoms with Crippen molar-refractivity contribution < 1.29 is 18.3 Å². The van der Waals surface area contributed by atoms with Gasteiger partial charge in [-0.15, -0.1) is 0 Å². The number of hydrogen-bond donors (Lipinski definition) is 2. The van der Waals surface area contributed by atoms with E-state index >= 15 is 0 Å². The second-order valence-electron chi connectivity index (χ2n) is 4.24. The molecule has 19 heavy (non-hydrogen) atoms. The number of aliphatic hydroxyl groups excluding tert-OH is 1. The first-order valence-electron chi connectivity index (χ1n) is 6.28. The smallest absolute Gasteiger partial charge is 0.240 e. The summed E-state index contributed by atoms with van der Waals surface area (Å²) in [5.74, 6) is 0. The van der Waals surface area contributed by atoms with Crippen molar-refractivity contribution in [3.05, 3.63) is 29.8 Å². The van der Waals surface area contributed by atoms with Crippen molar-refractivity contribution in [2.45, 2.75) is 30.8 Å². The van der Waals surface area contributed by atoms with Gasteiger partial charge in [0.15, 0.2) is 0 Å². The molecule has 1 rings (SSSR count). The molecule has 0 saturated heterocycles. The normalized spacial score (nSPS) is 13.4. The summed E-state index contributed by atoms with van der Waals surface area (Å²) in [6.45, 7) is 2.68. The number of aliphatic hydroxyl groups is 1. The first-order chi connectivity index (χ1) is 9.01. The van der Waals surface area contributed by atoms with Crippen LogP contribution in [0.1, 0.15) is 31.4 Å². The van der Waals surface area contributed by atoms with E-state index in [1.807, 2.05) is 6.92 Å². The third kappa shape index (κ3) is 4.91. The second kappa shape index (κ2) is 7.59. The molecule has 0 aliphatic heterocycles. The standard InChI is InChI=1S/C13H21NO4S/c1-3-13(15)11-6-4-7-12(10-11)19(16,17)14-8-5-9-18-2/h4,6-7,10,13-15H,3,5,8-9H2,1-2H3. The Morgan fingerprint density at radius 2 is 2.16 bits per heavy atom. The largest absolute Gasteiger partial charge is 0.388 e. The quantitative estimate of drug-likeness (QED) is 0.710. The molecule has 6 heteroatoms. The van der Waals surface area contributed by atoms with Gasteiger partial charge in [-0.1, -0.05) is 19.1 Å². The lowest BCUT2D eigenvalue weighted by atomic mass is 10.1. The number of sulfonamides is 1. The van der Waals surface area contributed by atoms with Crippen LogP contribution in [0.25, 0.3) is 0 Å². The summed E-state index contributed by atoms with van der Waals surface area (Å²) in [6.07, 6.45) is 0.529. The SMILES string of the molecule is CCC(O)c1cccc(S(=O)(=O)NCCCOC)c1. The van der Waals surface area contributed by atoms with E-state index in [9.17, 15) is 13.5 Å². The second-order valence-corrected chi connectivity index (χ2v) is 6.01. The monoisotopic (exact) mass is 287 g/mol. The Morgan fingerprint density at radius 1 is 1.42 bits per heavy atom. The molecule has 1 unspecified atom stereocenters. The van der Waals surface area contributed by atoms with Crippen LogP contribution in [0.4, 0.5) is 0 Å². The third-order valence-electron chi connectivity index (χ3n) is 2.76. The summed E-state index contributed by atoms with van der Waals surface area (Å²) in [5.41, 5.74) is 0.613. The van der Waals surface area contributed by atoms with E-state index in [0.29, 0.717) is 31.6 Å². The summed E-state index contributed by atoms with van der Waals surface area (Å²) in [5, 5.41) is 9.73. The highest BCUT2D eigenvalue weighted by atomic mass is 32.2. The molecule has 1 aromatic carbocycles. The first-order valence-corrected chi connectivity index (χ1v) is 7.76. The summed E-state index contributed by atoms with van der Waals surface area (Å²) in [6, 6.07) is 6.38. The van der Waals surface area contributed by atoms with E-state index in [2.05, 4.69) is 4.72 Å².